The van der Waals surface area contributed by atoms with Crippen LogP contribution in [0.1, 0.15) is 22.7 Å². The lowest BCUT2D eigenvalue weighted by atomic mass is 10.00. The second-order valence-corrected chi connectivity index (χ2v) is 4.86. The summed E-state index contributed by atoms with van der Waals surface area (Å²) in [5.74, 6) is 5.24. The third-order valence-corrected chi connectivity index (χ3v) is 3.29. The standard InChI is InChI=1S/C14H15ClFN3/c1-9-4-11(8-18-7-9)14(19-17)5-10-2-3-12(16)6-13(10)15/h2-4,6-8,14,19H,5,17H2,1H3. The summed E-state index contributed by atoms with van der Waals surface area (Å²) in [6.45, 7) is 1.97. The van der Waals surface area contributed by atoms with Crippen LogP contribution < -0.4 is 11.3 Å². The molecule has 3 nitrogen and oxygen atoms in total. The number of nitrogens with one attached hydrogen (secondary N) is 1. The van der Waals surface area contributed by atoms with Crippen LogP contribution in [0.4, 0.5) is 4.39 Å². The molecule has 1 unspecified atom stereocenters. The van der Waals surface area contributed by atoms with E-state index in [9.17, 15) is 4.39 Å². The van der Waals surface area contributed by atoms with Gasteiger partial charge in [-0.15, -0.1) is 0 Å². The second kappa shape index (κ2) is 6.10. The van der Waals surface area contributed by atoms with Crippen molar-refractivity contribution in [2.45, 2.75) is 19.4 Å². The molecule has 0 saturated heterocycles. The highest BCUT2D eigenvalue weighted by Gasteiger charge is 2.13. The number of benzene rings is 1. The van der Waals surface area contributed by atoms with Crippen molar-refractivity contribution in [3.63, 3.8) is 0 Å². The number of aryl methyl sites for hydroxylation is 1. The molecule has 0 aliphatic heterocycles. The summed E-state index contributed by atoms with van der Waals surface area (Å²) in [6, 6.07) is 6.26. The SMILES string of the molecule is Cc1cncc(C(Cc2ccc(F)cc2Cl)NN)c1. The van der Waals surface area contributed by atoms with E-state index in [4.69, 9.17) is 17.4 Å². The van der Waals surface area contributed by atoms with E-state index in [0.717, 1.165) is 16.7 Å². The summed E-state index contributed by atoms with van der Waals surface area (Å²) in [6.07, 6.45) is 4.11. The first kappa shape index (κ1) is 13.9. The van der Waals surface area contributed by atoms with E-state index in [1.807, 2.05) is 13.0 Å². The topological polar surface area (TPSA) is 50.9 Å². The Balaban J connectivity index is 2.24. The molecule has 0 spiro atoms. The summed E-state index contributed by atoms with van der Waals surface area (Å²) in [7, 11) is 0. The minimum atomic E-state index is -0.344. The molecule has 0 bridgehead atoms. The Kier molecular flexibility index (Phi) is 4.47. The molecule has 2 rings (SSSR count). The molecule has 3 N–H and O–H groups in total. The lowest BCUT2D eigenvalue weighted by Crippen LogP contribution is -2.29. The molecule has 0 aliphatic carbocycles. The highest BCUT2D eigenvalue weighted by Crippen LogP contribution is 2.24. The molecule has 1 heterocycles. The third kappa shape index (κ3) is 3.50. The summed E-state index contributed by atoms with van der Waals surface area (Å²) in [5, 5.41) is 0.404. The molecule has 1 aromatic heterocycles. The summed E-state index contributed by atoms with van der Waals surface area (Å²) < 4.78 is 13.0. The van der Waals surface area contributed by atoms with Crippen LogP contribution in [0.25, 0.3) is 0 Å². The van der Waals surface area contributed by atoms with Crippen molar-refractivity contribution in [3.8, 4) is 0 Å². The first-order valence-corrected chi connectivity index (χ1v) is 6.29. The van der Waals surface area contributed by atoms with Gasteiger partial charge in [-0.3, -0.25) is 16.3 Å². The Hall–Kier alpha value is -1.49. The van der Waals surface area contributed by atoms with Crippen LogP contribution in [0.5, 0.6) is 0 Å². The van der Waals surface area contributed by atoms with Crippen LogP contribution in [0.3, 0.4) is 0 Å². The summed E-state index contributed by atoms with van der Waals surface area (Å²) >= 11 is 6.03. The number of nitrogens with zero attached hydrogens (tertiary/aromatic N) is 1. The zero-order valence-corrected chi connectivity index (χ0v) is 11.3. The van der Waals surface area contributed by atoms with Gasteiger partial charge in [-0.1, -0.05) is 23.7 Å². The van der Waals surface area contributed by atoms with Gasteiger partial charge < -0.3 is 0 Å². The number of hydrogen-bond acceptors (Lipinski definition) is 3. The van der Waals surface area contributed by atoms with Crippen LogP contribution in [-0.2, 0) is 6.42 Å². The molecule has 1 aromatic carbocycles. The van der Waals surface area contributed by atoms with Gasteiger partial charge in [-0.25, -0.2) is 4.39 Å². The molecule has 2 aromatic rings. The fourth-order valence-electron chi connectivity index (χ4n) is 1.95. The lowest BCUT2D eigenvalue weighted by Gasteiger charge is -2.17. The fraction of sp³-hybridized carbons (Fsp3) is 0.214. The Labute approximate surface area is 116 Å². The average Bonchev–Trinajstić information content (AvgIpc) is 2.38. The third-order valence-electron chi connectivity index (χ3n) is 2.94. The second-order valence-electron chi connectivity index (χ2n) is 4.45. The number of aromatic nitrogens is 1. The van der Waals surface area contributed by atoms with Crippen molar-refractivity contribution in [2.24, 2.45) is 5.84 Å². The first-order chi connectivity index (χ1) is 9.10. The molecule has 0 saturated carbocycles. The number of halogens is 2. The summed E-state index contributed by atoms with van der Waals surface area (Å²) in [5.41, 5.74) is 5.62. The Morgan fingerprint density at radius 3 is 2.79 bits per heavy atom. The molecule has 1 atom stereocenters. The van der Waals surface area contributed by atoms with E-state index in [1.165, 1.54) is 12.1 Å². The van der Waals surface area contributed by atoms with Crippen LogP contribution >= 0.6 is 11.6 Å². The van der Waals surface area contributed by atoms with E-state index >= 15 is 0 Å². The zero-order valence-electron chi connectivity index (χ0n) is 10.5. The van der Waals surface area contributed by atoms with Crippen molar-refractivity contribution < 1.29 is 4.39 Å². The molecule has 0 amide bonds. The number of hydrogen-bond donors (Lipinski definition) is 2. The van der Waals surface area contributed by atoms with Gasteiger partial charge in [-0.2, -0.15) is 0 Å². The molecule has 100 valence electrons. The molecular formula is C14H15ClFN3. The van der Waals surface area contributed by atoms with Gasteiger partial charge in [0.25, 0.3) is 0 Å². The highest BCUT2D eigenvalue weighted by molar-refractivity contribution is 6.31. The number of nitrogens with two attached hydrogens (primary N) is 1. The van der Waals surface area contributed by atoms with Crippen molar-refractivity contribution in [1.29, 1.82) is 0 Å². The lowest BCUT2D eigenvalue weighted by molar-refractivity contribution is 0.549. The van der Waals surface area contributed by atoms with E-state index < -0.39 is 0 Å². The van der Waals surface area contributed by atoms with Crippen molar-refractivity contribution >= 4 is 11.6 Å². The number of hydrazine groups is 1. The predicted molar refractivity (Wildman–Crippen MR) is 74.2 cm³/mol. The number of rotatable bonds is 4. The average molecular weight is 280 g/mol. The molecular weight excluding hydrogens is 265 g/mol. The van der Waals surface area contributed by atoms with Crippen molar-refractivity contribution in [1.82, 2.24) is 10.4 Å². The predicted octanol–water partition coefficient (Wildman–Crippen LogP) is 2.93. The Morgan fingerprint density at radius 2 is 2.16 bits per heavy atom. The molecule has 0 fully saturated rings. The van der Waals surface area contributed by atoms with E-state index in [2.05, 4.69) is 10.4 Å². The summed E-state index contributed by atoms with van der Waals surface area (Å²) in [4.78, 5) is 4.14. The van der Waals surface area contributed by atoms with E-state index in [-0.39, 0.29) is 11.9 Å². The zero-order chi connectivity index (χ0) is 13.8. The number of pyridine rings is 1. The van der Waals surface area contributed by atoms with Gasteiger partial charge in [0.05, 0.1) is 6.04 Å². The van der Waals surface area contributed by atoms with E-state index in [1.54, 1.807) is 18.5 Å². The van der Waals surface area contributed by atoms with Gasteiger partial charge in [-0.05, 0) is 42.2 Å². The quantitative estimate of drug-likeness (QED) is 0.668. The van der Waals surface area contributed by atoms with Crippen molar-refractivity contribution in [2.75, 3.05) is 0 Å². The molecule has 0 aliphatic rings. The largest absolute Gasteiger partial charge is 0.271 e. The maximum Gasteiger partial charge on any atom is 0.124 e. The smallest absolute Gasteiger partial charge is 0.124 e. The monoisotopic (exact) mass is 279 g/mol. The first-order valence-electron chi connectivity index (χ1n) is 5.91. The maximum atomic E-state index is 13.0. The van der Waals surface area contributed by atoms with Crippen molar-refractivity contribution in [3.05, 3.63) is 64.2 Å². The van der Waals surface area contributed by atoms with Crippen LogP contribution in [0, 0.1) is 12.7 Å². The molecule has 0 radical (unpaired) electrons. The van der Waals surface area contributed by atoms with Gasteiger partial charge in [0.1, 0.15) is 5.82 Å². The highest BCUT2D eigenvalue weighted by atomic mass is 35.5. The van der Waals surface area contributed by atoms with Gasteiger partial charge in [0.15, 0.2) is 0 Å². The molecule has 5 heteroatoms. The van der Waals surface area contributed by atoms with Crippen LogP contribution in [0.15, 0.2) is 36.7 Å². The minimum absolute atomic E-state index is 0.115. The van der Waals surface area contributed by atoms with Gasteiger partial charge >= 0.3 is 0 Å². The fourth-order valence-corrected chi connectivity index (χ4v) is 2.19. The maximum absolute atomic E-state index is 13.0. The minimum Gasteiger partial charge on any atom is -0.271 e. The Morgan fingerprint density at radius 1 is 1.37 bits per heavy atom. The van der Waals surface area contributed by atoms with E-state index in [0.29, 0.717) is 11.4 Å². The molecule has 19 heavy (non-hydrogen) atoms. The van der Waals surface area contributed by atoms with Gasteiger partial charge in [0, 0.05) is 17.4 Å². The normalized spacial score (nSPS) is 12.4. The Bertz CT molecular complexity index is 574. The van der Waals surface area contributed by atoms with Crippen LogP contribution in [0.2, 0.25) is 5.02 Å². The van der Waals surface area contributed by atoms with Gasteiger partial charge in [0.2, 0.25) is 0 Å². The van der Waals surface area contributed by atoms with Crippen LogP contribution in [-0.4, -0.2) is 4.98 Å².